The first-order valence-corrected chi connectivity index (χ1v) is 18.9. The van der Waals surface area contributed by atoms with Gasteiger partial charge in [0.25, 0.3) is 0 Å². The van der Waals surface area contributed by atoms with E-state index >= 15 is 0 Å². The molecular formula is C44H53N5O10. The van der Waals surface area contributed by atoms with Crippen molar-refractivity contribution in [2.75, 3.05) is 31.6 Å². The van der Waals surface area contributed by atoms with E-state index in [0.717, 1.165) is 11.1 Å². The summed E-state index contributed by atoms with van der Waals surface area (Å²) in [5, 5.41) is 5.26. The van der Waals surface area contributed by atoms with Gasteiger partial charge >= 0.3 is 18.3 Å². The minimum absolute atomic E-state index is 0.00997. The first-order valence-electron chi connectivity index (χ1n) is 18.9. The van der Waals surface area contributed by atoms with Crippen LogP contribution >= 0.6 is 0 Å². The zero-order valence-electron chi connectivity index (χ0n) is 34.6. The molecule has 0 radical (unpaired) electrons. The highest BCUT2D eigenvalue weighted by atomic mass is 16.7. The fraction of sp³-hybridized carbons (Fsp3) is 0.341. The summed E-state index contributed by atoms with van der Waals surface area (Å²) >= 11 is 0. The molecule has 314 valence electrons. The summed E-state index contributed by atoms with van der Waals surface area (Å²) in [5.74, 6) is -0.603. The van der Waals surface area contributed by atoms with Crippen LogP contribution in [0.3, 0.4) is 0 Å². The topological polar surface area (TPSA) is 197 Å². The summed E-state index contributed by atoms with van der Waals surface area (Å²) in [4.78, 5) is 65.7. The number of hydrogen-bond acceptors (Lipinski definition) is 11. The van der Waals surface area contributed by atoms with Gasteiger partial charge < -0.3 is 40.2 Å². The van der Waals surface area contributed by atoms with Crippen molar-refractivity contribution >= 4 is 41.5 Å². The van der Waals surface area contributed by atoms with E-state index in [4.69, 9.17) is 29.5 Å². The summed E-state index contributed by atoms with van der Waals surface area (Å²) < 4.78 is 21.3. The van der Waals surface area contributed by atoms with Gasteiger partial charge in [0.2, 0.25) is 11.8 Å². The van der Waals surface area contributed by atoms with Crippen molar-refractivity contribution in [3.63, 3.8) is 0 Å². The Kier molecular flexibility index (Phi) is 15.8. The second kappa shape index (κ2) is 20.7. The average Bonchev–Trinajstić information content (AvgIpc) is 3.49. The summed E-state index contributed by atoms with van der Waals surface area (Å²) in [5.41, 5.74) is 14.5. The largest absolute Gasteiger partial charge is 0.514 e. The lowest BCUT2D eigenvalue weighted by Crippen LogP contribution is -2.48. The van der Waals surface area contributed by atoms with Crippen molar-refractivity contribution < 1.29 is 47.8 Å². The van der Waals surface area contributed by atoms with Crippen LogP contribution in [0, 0.1) is 5.92 Å². The molecule has 0 fully saturated rings. The maximum Gasteiger partial charge on any atom is 0.514 e. The Morgan fingerprint density at radius 1 is 0.814 bits per heavy atom. The van der Waals surface area contributed by atoms with E-state index in [2.05, 4.69) is 40.4 Å². The molecule has 0 spiro atoms. The molecule has 0 saturated heterocycles. The lowest BCUT2D eigenvalue weighted by Gasteiger charge is -2.25. The van der Waals surface area contributed by atoms with Gasteiger partial charge in [0.15, 0.2) is 0 Å². The Morgan fingerprint density at radius 2 is 1.41 bits per heavy atom. The van der Waals surface area contributed by atoms with Crippen molar-refractivity contribution in [3.8, 4) is 16.9 Å². The Balaban J connectivity index is 0.000000272. The third-order valence-corrected chi connectivity index (χ3v) is 8.85. The third-order valence-electron chi connectivity index (χ3n) is 8.85. The number of nitrogens with two attached hydrogens (primary N) is 1. The molecule has 15 heteroatoms. The molecule has 15 nitrogen and oxygen atoms in total. The molecule has 0 heterocycles. The molecule has 1 aliphatic rings. The zero-order valence-corrected chi connectivity index (χ0v) is 34.6. The van der Waals surface area contributed by atoms with Gasteiger partial charge in [-0.15, -0.1) is 0 Å². The maximum absolute atomic E-state index is 12.4. The summed E-state index contributed by atoms with van der Waals surface area (Å²) in [6.07, 6.45) is -2.01. The first-order chi connectivity index (χ1) is 27.9. The van der Waals surface area contributed by atoms with Crippen LogP contribution in [0.15, 0.2) is 91.0 Å². The van der Waals surface area contributed by atoms with E-state index < -0.39 is 35.9 Å². The Bertz CT molecular complexity index is 2050. The molecule has 4 aromatic carbocycles. The number of carbonyl (C=O) groups excluding carboxylic acids is 5. The van der Waals surface area contributed by atoms with Crippen molar-refractivity contribution in [3.05, 3.63) is 113 Å². The molecule has 0 bridgehead atoms. The molecule has 5 rings (SSSR count). The molecule has 0 aliphatic heterocycles. The van der Waals surface area contributed by atoms with Crippen LogP contribution in [-0.4, -0.2) is 67.5 Å². The van der Waals surface area contributed by atoms with E-state index in [9.17, 15) is 24.0 Å². The quantitative estimate of drug-likeness (QED) is 0.0446. The highest BCUT2D eigenvalue weighted by molar-refractivity contribution is 5.89. The number of benzene rings is 4. The van der Waals surface area contributed by atoms with Crippen LogP contribution in [0.25, 0.3) is 11.1 Å². The maximum atomic E-state index is 12.4. The van der Waals surface area contributed by atoms with E-state index in [1.54, 1.807) is 70.3 Å². The summed E-state index contributed by atoms with van der Waals surface area (Å²) in [7, 11) is 3.09. The third kappa shape index (κ3) is 13.5. The van der Waals surface area contributed by atoms with Crippen molar-refractivity contribution in [1.29, 1.82) is 0 Å². The van der Waals surface area contributed by atoms with Crippen molar-refractivity contribution in [2.45, 2.75) is 72.3 Å². The first kappa shape index (κ1) is 45.1. The number of amides is 4. The van der Waals surface area contributed by atoms with Crippen LogP contribution in [0.5, 0.6) is 5.75 Å². The minimum Gasteiger partial charge on any atom is -0.449 e. The molecule has 1 unspecified atom stereocenters. The summed E-state index contributed by atoms with van der Waals surface area (Å²) in [6.45, 7) is 10.7. The van der Waals surface area contributed by atoms with E-state index in [-0.39, 0.29) is 37.5 Å². The zero-order chi connectivity index (χ0) is 43.3. The SMILES string of the molecule is CC(C)C(NC(=O)OCC1c2ccccc2-c2ccccc21)C(N)=O.CONc1ccc(OC(=O)OCc2ccc(NC(C)=O)cc2CN(C)C(=O)OC(C)(C)C)cc1. The standard InChI is InChI=1S/C24H31N3O7.C20H22N2O3/c1-16(28)25-20-8-7-17(18(13-20)14-27(5)22(29)34-24(2,3)4)15-32-23(30)33-21-11-9-19(10-12-21)26-31-6;1-12(2)18(19(21)23)22-20(24)25-11-17-15-9-5-3-7-13(15)14-8-4-6-10-16(14)17/h7-13,26H,14-15H2,1-6H3,(H,25,28);3-10,12,17-18H,11H2,1-2H3,(H2,21,23)(H,22,24). The smallest absolute Gasteiger partial charge is 0.449 e. The fourth-order valence-electron chi connectivity index (χ4n) is 6.16. The lowest BCUT2D eigenvalue weighted by atomic mass is 9.98. The van der Waals surface area contributed by atoms with Gasteiger partial charge in [-0.2, -0.15) is 0 Å². The highest BCUT2D eigenvalue weighted by Crippen LogP contribution is 2.44. The average molecular weight is 812 g/mol. The van der Waals surface area contributed by atoms with Gasteiger partial charge in [-0.25, -0.2) is 14.4 Å². The molecule has 0 saturated carbocycles. The van der Waals surface area contributed by atoms with Gasteiger partial charge in [0, 0.05) is 32.1 Å². The molecule has 1 aliphatic carbocycles. The lowest BCUT2D eigenvalue weighted by molar-refractivity contribution is -0.121. The van der Waals surface area contributed by atoms with Gasteiger partial charge in [-0.3, -0.25) is 19.9 Å². The molecule has 4 aromatic rings. The van der Waals surface area contributed by atoms with Gasteiger partial charge in [0.1, 0.15) is 30.6 Å². The van der Waals surface area contributed by atoms with Gasteiger partial charge in [-0.1, -0.05) is 68.4 Å². The second-order valence-corrected chi connectivity index (χ2v) is 15.1. The van der Waals surface area contributed by atoms with Crippen LogP contribution in [-0.2, 0) is 41.8 Å². The number of fused-ring (bicyclic) bond motifs is 3. The van der Waals surface area contributed by atoms with E-state index in [1.165, 1.54) is 30.1 Å². The van der Waals surface area contributed by atoms with Gasteiger partial charge in [0.05, 0.1) is 12.8 Å². The Morgan fingerprint density at radius 3 is 1.95 bits per heavy atom. The molecule has 4 amide bonds. The Labute approximate surface area is 344 Å². The molecule has 1 atom stereocenters. The number of rotatable bonds is 13. The Hall–Kier alpha value is -6.61. The van der Waals surface area contributed by atoms with Crippen molar-refractivity contribution in [2.24, 2.45) is 11.7 Å². The van der Waals surface area contributed by atoms with Crippen molar-refractivity contribution in [1.82, 2.24) is 10.2 Å². The monoisotopic (exact) mass is 811 g/mol. The number of carbonyl (C=O) groups is 5. The van der Waals surface area contributed by atoms with Crippen LogP contribution in [0.4, 0.5) is 25.8 Å². The predicted molar refractivity (Wildman–Crippen MR) is 222 cm³/mol. The van der Waals surface area contributed by atoms with Crippen LogP contribution < -0.4 is 26.6 Å². The predicted octanol–water partition coefficient (Wildman–Crippen LogP) is 7.74. The molecular weight excluding hydrogens is 759 g/mol. The molecule has 59 heavy (non-hydrogen) atoms. The second-order valence-electron chi connectivity index (χ2n) is 15.1. The fourth-order valence-corrected chi connectivity index (χ4v) is 6.16. The number of nitrogens with zero attached hydrogens (tertiary/aromatic N) is 1. The van der Waals surface area contributed by atoms with Crippen LogP contribution in [0.1, 0.15) is 69.7 Å². The molecule has 0 aromatic heterocycles. The normalized spacial score (nSPS) is 12.1. The van der Waals surface area contributed by atoms with Crippen LogP contribution in [0.2, 0.25) is 0 Å². The highest BCUT2D eigenvalue weighted by Gasteiger charge is 2.30. The van der Waals surface area contributed by atoms with E-state index in [0.29, 0.717) is 28.3 Å². The number of primary amides is 1. The number of nitrogens with one attached hydrogen (secondary N) is 3. The number of ether oxygens (including phenoxy) is 4. The number of hydrogen-bond donors (Lipinski definition) is 4. The molecule has 5 N–H and O–H groups in total. The summed E-state index contributed by atoms with van der Waals surface area (Å²) in [6, 6.07) is 27.2. The van der Waals surface area contributed by atoms with Gasteiger partial charge in [-0.05, 0) is 96.5 Å². The van der Waals surface area contributed by atoms with E-state index in [1.807, 2.05) is 38.1 Å². The number of alkyl carbamates (subject to hydrolysis) is 1. The minimum atomic E-state index is -0.884. The number of anilines is 2.